The van der Waals surface area contributed by atoms with Gasteiger partial charge in [0.05, 0.1) is 0 Å². The zero-order chi connectivity index (χ0) is 17.9. The van der Waals surface area contributed by atoms with Gasteiger partial charge >= 0.3 is 0 Å². The van der Waals surface area contributed by atoms with Crippen LogP contribution in [0.15, 0.2) is 0 Å². The summed E-state index contributed by atoms with van der Waals surface area (Å²) in [5, 5.41) is 0. The van der Waals surface area contributed by atoms with Crippen LogP contribution in [0.1, 0.15) is 0 Å². The minimum atomic E-state index is -1.82. The minimum absolute atomic E-state index is 1.22. The van der Waals surface area contributed by atoms with Gasteiger partial charge in [-0.2, -0.15) is 0 Å². The lowest BCUT2D eigenvalue weighted by Crippen LogP contribution is -2.73. The maximum atomic E-state index is 2.47. The molecular weight excluding hydrogens is 308 g/mol. The van der Waals surface area contributed by atoms with Crippen LogP contribution in [0.25, 0.3) is 0 Å². The highest BCUT2D eigenvalue weighted by Crippen LogP contribution is 2.28. The molecule has 134 valence electrons. The monoisotopic (exact) mass is 348 g/mol. The molecule has 6 nitrogen and oxygen atoms in total. The molecule has 8 heteroatoms. The van der Waals surface area contributed by atoms with E-state index in [0.29, 0.717) is 0 Å². The molecule has 0 aromatic carbocycles. The molecule has 0 unspecified atom stereocenters. The Morgan fingerprint density at radius 2 is 0.500 bits per heavy atom. The van der Waals surface area contributed by atoms with E-state index in [9.17, 15) is 0 Å². The molecule has 0 aromatic heterocycles. The number of nitrogens with zero attached hydrogens (tertiary/aromatic N) is 6. The third-order valence-electron chi connectivity index (χ3n) is 5.09. The summed E-state index contributed by atoms with van der Waals surface area (Å²) < 4.78 is 14.8. The van der Waals surface area contributed by atoms with Crippen LogP contribution in [0.3, 0.4) is 0 Å². The minimum Gasteiger partial charge on any atom is -0.305 e. The topological polar surface area (TPSA) is 19.4 Å². The Morgan fingerprint density at radius 1 is 0.364 bits per heavy atom. The van der Waals surface area contributed by atoms with Crippen molar-refractivity contribution in [2.24, 2.45) is 0 Å². The molecule has 0 bridgehead atoms. The summed E-state index contributed by atoms with van der Waals surface area (Å²) in [5.41, 5.74) is 0. The summed E-state index contributed by atoms with van der Waals surface area (Å²) in [6, 6.07) is 2.45. The fraction of sp³-hybridized carbons (Fsp3) is 1.00. The second-order valence-electron chi connectivity index (χ2n) is 7.42. The summed E-state index contributed by atoms with van der Waals surface area (Å²) >= 11 is 0. The molecule has 0 atom stereocenters. The molecule has 0 aliphatic rings. The molecule has 0 radical (unpaired) electrons. The van der Waals surface area contributed by atoms with Crippen molar-refractivity contribution in [2.45, 2.75) is 12.1 Å². The lowest BCUT2D eigenvalue weighted by Gasteiger charge is -2.51. The third kappa shape index (κ3) is 3.99. The van der Waals surface area contributed by atoms with Gasteiger partial charge in [-0.1, -0.05) is 0 Å². The van der Waals surface area contributed by atoms with Crippen LogP contribution in [0, 0.1) is 0 Å². The Balaban J connectivity index is 5.66. The quantitative estimate of drug-likeness (QED) is 0.552. The van der Waals surface area contributed by atoms with Crippen molar-refractivity contribution in [2.75, 3.05) is 84.6 Å². The second-order valence-corrected chi connectivity index (χ2v) is 16.9. The van der Waals surface area contributed by atoms with E-state index in [0.717, 1.165) is 0 Å². The fourth-order valence-electron chi connectivity index (χ4n) is 4.08. The van der Waals surface area contributed by atoms with Crippen LogP contribution in [-0.2, 0) is 0 Å². The first-order chi connectivity index (χ1) is 9.87. The zero-order valence-electron chi connectivity index (χ0n) is 17.1. The average Bonchev–Trinajstić information content (AvgIpc) is 2.31. The van der Waals surface area contributed by atoms with E-state index in [4.69, 9.17) is 0 Å². The van der Waals surface area contributed by atoms with E-state index in [1.54, 1.807) is 0 Å². The molecule has 0 rings (SSSR count). The van der Waals surface area contributed by atoms with Gasteiger partial charge in [0.2, 0.25) is 0 Å². The van der Waals surface area contributed by atoms with Gasteiger partial charge in [-0.15, -0.1) is 0 Å². The molecule has 22 heavy (non-hydrogen) atoms. The predicted octanol–water partition coefficient (Wildman–Crippen LogP) is 0.234. The van der Waals surface area contributed by atoms with E-state index >= 15 is 0 Å². The molecule has 0 saturated carbocycles. The van der Waals surface area contributed by atoms with Crippen LogP contribution < -0.4 is 0 Å². The van der Waals surface area contributed by atoms with E-state index in [1.165, 1.54) is 12.1 Å². The largest absolute Gasteiger partial charge is 0.305 e. The Morgan fingerprint density at radius 3 is 0.591 bits per heavy atom. The van der Waals surface area contributed by atoms with Gasteiger partial charge in [0.15, 0.2) is 0 Å². The summed E-state index contributed by atoms with van der Waals surface area (Å²) in [6.07, 6.45) is 0. The Labute approximate surface area is 141 Å². The van der Waals surface area contributed by atoms with Gasteiger partial charge in [0.1, 0.15) is 0 Å². The summed E-state index contributed by atoms with van der Waals surface area (Å²) in [7, 11) is 23.2. The van der Waals surface area contributed by atoms with Gasteiger partial charge < -0.3 is 27.4 Å². The molecule has 0 aliphatic carbocycles. The van der Waals surface area contributed by atoms with Crippen molar-refractivity contribution >= 4 is 17.1 Å². The molecule has 0 spiro atoms. The summed E-state index contributed by atoms with van der Waals surface area (Å²) in [5.74, 6) is 0. The van der Waals surface area contributed by atoms with Crippen LogP contribution in [-0.4, -0.2) is 129 Å². The van der Waals surface area contributed by atoms with Crippen molar-refractivity contribution in [1.29, 1.82) is 0 Å². The molecule has 0 fully saturated rings. The highest BCUT2D eigenvalue weighted by Gasteiger charge is 2.49. The van der Waals surface area contributed by atoms with Gasteiger partial charge in [-0.05, 0) is 96.7 Å². The van der Waals surface area contributed by atoms with E-state index in [1.807, 2.05) is 0 Å². The molecule has 0 amide bonds. The summed E-state index contributed by atoms with van der Waals surface area (Å²) in [6.45, 7) is 0. The van der Waals surface area contributed by atoms with E-state index in [-0.39, 0.29) is 0 Å². The van der Waals surface area contributed by atoms with Crippen molar-refractivity contribution < 1.29 is 0 Å². The SMILES string of the molecule is CN(C)[Si](CC[Si](N(C)C)(N(C)C)N(C)C)(N(C)C)N(C)C. The highest BCUT2D eigenvalue weighted by atomic mass is 28.4. The van der Waals surface area contributed by atoms with Crippen LogP contribution >= 0.6 is 0 Å². The maximum Gasteiger partial charge on any atom is 0.288 e. The first-order valence-corrected chi connectivity index (χ1v) is 12.0. The summed E-state index contributed by atoms with van der Waals surface area (Å²) in [4.78, 5) is 0. The lowest BCUT2D eigenvalue weighted by molar-refractivity contribution is 0.359. The lowest BCUT2D eigenvalue weighted by atomic mass is 10.9. The van der Waals surface area contributed by atoms with Gasteiger partial charge in [-0.25, -0.2) is 0 Å². The average molecular weight is 349 g/mol. The van der Waals surface area contributed by atoms with E-state index < -0.39 is 17.1 Å². The first kappa shape index (κ1) is 22.2. The van der Waals surface area contributed by atoms with Crippen LogP contribution in [0.2, 0.25) is 12.1 Å². The van der Waals surface area contributed by atoms with Crippen LogP contribution in [0.4, 0.5) is 0 Å². The van der Waals surface area contributed by atoms with Gasteiger partial charge in [0.25, 0.3) is 17.1 Å². The number of hydrogen-bond donors (Lipinski definition) is 0. The van der Waals surface area contributed by atoms with E-state index in [2.05, 4.69) is 112 Å². The number of hydrogen-bond acceptors (Lipinski definition) is 6. The van der Waals surface area contributed by atoms with Crippen molar-refractivity contribution in [3.05, 3.63) is 0 Å². The predicted molar refractivity (Wildman–Crippen MR) is 103 cm³/mol. The molecular formula is C14H40N6Si2. The standard InChI is InChI=1S/C14H40N6Si2/c1-15(2)21(16(3)4,17(5)6)13-14-22(18(7)8,19(9)10)20(11)12/h13-14H2,1-12H3. The molecule has 0 N–H and O–H groups in total. The molecule has 0 aliphatic heterocycles. The second kappa shape index (κ2) is 8.34. The maximum absolute atomic E-state index is 2.47. The zero-order valence-corrected chi connectivity index (χ0v) is 19.1. The van der Waals surface area contributed by atoms with Gasteiger partial charge in [0, 0.05) is 0 Å². The Hall–Kier alpha value is 0.194. The molecule has 0 aromatic rings. The Bertz CT molecular complexity index is 256. The molecule has 0 saturated heterocycles. The van der Waals surface area contributed by atoms with Crippen molar-refractivity contribution in [3.63, 3.8) is 0 Å². The highest BCUT2D eigenvalue weighted by molar-refractivity contribution is 6.76. The third-order valence-corrected chi connectivity index (χ3v) is 16.0. The normalized spacial score (nSPS) is 14.5. The van der Waals surface area contributed by atoms with Crippen LogP contribution in [0.5, 0.6) is 0 Å². The number of rotatable bonds is 9. The smallest absolute Gasteiger partial charge is 0.288 e. The Kier molecular flexibility index (Phi) is 8.41. The first-order valence-electron chi connectivity index (χ1n) is 7.92. The van der Waals surface area contributed by atoms with Crippen molar-refractivity contribution in [1.82, 2.24) is 27.4 Å². The molecule has 0 heterocycles. The van der Waals surface area contributed by atoms with Crippen molar-refractivity contribution in [3.8, 4) is 0 Å². The van der Waals surface area contributed by atoms with Gasteiger partial charge in [-0.3, -0.25) is 0 Å². The fourth-order valence-corrected chi connectivity index (χ4v) is 14.2.